The summed E-state index contributed by atoms with van der Waals surface area (Å²) in [4.78, 5) is 2.46. The van der Waals surface area contributed by atoms with Crippen molar-refractivity contribution in [3.8, 4) is 0 Å². The van der Waals surface area contributed by atoms with Gasteiger partial charge < -0.3 is 10.5 Å². The van der Waals surface area contributed by atoms with Crippen LogP contribution < -0.4 is 5.73 Å². The van der Waals surface area contributed by atoms with Gasteiger partial charge in [-0.3, -0.25) is 4.90 Å². The molecule has 2 N–H and O–H groups in total. The molecule has 0 saturated carbocycles. The lowest BCUT2D eigenvalue weighted by Crippen LogP contribution is -2.45. The van der Waals surface area contributed by atoms with Gasteiger partial charge in [0.1, 0.15) is 0 Å². The highest BCUT2D eigenvalue weighted by Gasteiger charge is 2.26. The van der Waals surface area contributed by atoms with Gasteiger partial charge in [-0.05, 0) is 37.5 Å². The fourth-order valence-electron chi connectivity index (χ4n) is 2.93. The first-order valence-electron chi connectivity index (χ1n) is 6.75. The number of rotatable bonds is 3. The third-order valence-corrected chi connectivity index (χ3v) is 3.81. The first kappa shape index (κ1) is 13.5. The van der Waals surface area contributed by atoms with Crippen LogP contribution in [-0.4, -0.2) is 37.2 Å². The molecule has 1 heterocycles. The van der Waals surface area contributed by atoms with Crippen molar-refractivity contribution in [1.82, 2.24) is 4.90 Å². The summed E-state index contributed by atoms with van der Waals surface area (Å²) in [6.45, 7) is 9.89. The highest BCUT2D eigenvalue weighted by Crippen LogP contribution is 2.27. The number of hydrogen-bond donors (Lipinski definition) is 1. The van der Waals surface area contributed by atoms with E-state index in [1.807, 2.05) is 0 Å². The standard InChI is InChI=1S/C15H24N2O/c1-11-5-4-6-12(2)15(11)14(9-16)17-7-8-18-13(3)10-17/h4-6,13-14H,7-10,16H2,1-3H3. The van der Waals surface area contributed by atoms with E-state index in [1.165, 1.54) is 16.7 Å². The Morgan fingerprint density at radius 3 is 2.61 bits per heavy atom. The summed E-state index contributed by atoms with van der Waals surface area (Å²) in [5, 5.41) is 0. The molecule has 1 aliphatic heterocycles. The van der Waals surface area contributed by atoms with Crippen LogP contribution in [0.5, 0.6) is 0 Å². The van der Waals surface area contributed by atoms with Crippen molar-refractivity contribution < 1.29 is 4.74 Å². The van der Waals surface area contributed by atoms with Gasteiger partial charge in [-0.2, -0.15) is 0 Å². The maximum atomic E-state index is 6.04. The molecule has 0 radical (unpaired) electrons. The summed E-state index contributed by atoms with van der Waals surface area (Å²) in [7, 11) is 0. The van der Waals surface area contributed by atoms with Gasteiger partial charge in [-0.15, -0.1) is 0 Å². The zero-order valence-electron chi connectivity index (χ0n) is 11.6. The summed E-state index contributed by atoms with van der Waals surface area (Å²) in [5.41, 5.74) is 10.1. The van der Waals surface area contributed by atoms with E-state index in [4.69, 9.17) is 10.5 Å². The summed E-state index contributed by atoms with van der Waals surface area (Å²) in [6, 6.07) is 6.78. The molecule has 0 aromatic heterocycles. The molecule has 3 nitrogen and oxygen atoms in total. The number of hydrogen-bond acceptors (Lipinski definition) is 3. The van der Waals surface area contributed by atoms with Gasteiger partial charge >= 0.3 is 0 Å². The Balaban J connectivity index is 2.27. The van der Waals surface area contributed by atoms with Gasteiger partial charge in [-0.1, -0.05) is 18.2 Å². The third kappa shape index (κ3) is 2.74. The minimum Gasteiger partial charge on any atom is -0.376 e. The number of aryl methyl sites for hydroxylation is 2. The molecule has 0 spiro atoms. The monoisotopic (exact) mass is 248 g/mol. The second-order valence-corrected chi connectivity index (χ2v) is 5.23. The number of benzene rings is 1. The molecule has 1 aliphatic rings. The van der Waals surface area contributed by atoms with Crippen LogP contribution in [0.1, 0.15) is 29.7 Å². The molecule has 1 fully saturated rings. The van der Waals surface area contributed by atoms with E-state index in [2.05, 4.69) is 43.9 Å². The smallest absolute Gasteiger partial charge is 0.0674 e. The molecule has 2 atom stereocenters. The maximum Gasteiger partial charge on any atom is 0.0674 e. The molecular formula is C15H24N2O. The Hall–Kier alpha value is -0.900. The van der Waals surface area contributed by atoms with E-state index in [1.54, 1.807) is 0 Å². The van der Waals surface area contributed by atoms with Crippen molar-refractivity contribution in [1.29, 1.82) is 0 Å². The predicted molar refractivity (Wildman–Crippen MR) is 74.7 cm³/mol. The molecule has 2 rings (SSSR count). The second kappa shape index (κ2) is 5.83. The predicted octanol–water partition coefficient (Wildman–Crippen LogP) is 2.02. The first-order chi connectivity index (χ1) is 8.63. The number of nitrogens with two attached hydrogens (primary N) is 1. The van der Waals surface area contributed by atoms with Crippen LogP contribution in [0.4, 0.5) is 0 Å². The van der Waals surface area contributed by atoms with Crippen LogP contribution in [0.15, 0.2) is 18.2 Å². The molecule has 0 aliphatic carbocycles. The van der Waals surface area contributed by atoms with Gasteiger partial charge in [0.15, 0.2) is 0 Å². The number of morpholine rings is 1. The molecule has 1 aromatic rings. The van der Waals surface area contributed by atoms with Crippen molar-refractivity contribution in [2.75, 3.05) is 26.2 Å². The highest BCUT2D eigenvalue weighted by atomic mass is 16.5. The van der Waals surface area contributed by atoms with Gasteiger partial charge in [0.25, 0.3) is 0 Å². The zero-order chi connectivity index (χ0) is 13.1. The average Bonchev–Trinajstić information content (AvgIpc) is 2.34. The van der Waals surface area contributed by atoms with E-state index in [0.29, 0.717) is 18.7 Å². The Morgan fingerprint density at radius 1 is 1.39 bits per heavy atom. The molecule has 1 saturated heterocycles. The van der Waals surface area contributed by atoms with E-state index in [0.717, 1.165) is 19.7 Å². The molecular weight excluding hydrogens is 224 g/mol. The Morgan fingerprint density at radius 2 is 2.06 bits per heavy atom. The van der Waals surface area contributed by atoms with Crippen molar-refractivity contribution in [3.63, 3.8) is 0 Å². The second-order valence-electron chi connectivity index (χ2n) is 5.23. The van der Waals surface area contributed by atoms with Crippen LogP contribution in [-0.2, 0) is 4.74 Å². The molecule has 2 unspecified atom stereocenters. The van der Waals surface area contributed by atoms with Crippen molar-refractivity contribution >= 4 is 0 Å². The maximum absolute atomic E-state index is 6.04. The van der Waals surface area contributed by atoms with E-state index >= 15 is 0 Å². The third-order valence-electron chi connectivity index (χ3n) is 3.81. The van der Waals surface area contributed by atoms with E-state index in [9.17, 15) is 0 Å². The lowest BCUT2D eigenvalue weighted by molar-refractivity contribution is -0.0334. The summed E-state index contributed by atoms with van der Waals surface area (Å²) >= 11 is 0. The largest absolute Gasteiger partial charge is 0.376 e. The molecule has 1 aromatic carbocycles. The van der Waals surface area contributed by atoms with Gasteiger partial charge in [-0.25, -0.2) is 0 Å². The lowest BCUT2D eigenvalue weighted by atomic mass is 9.94. The molecule has 100 valence electrons. The molecule has 0 amide bonds. The van der Waals surface area contributed by atoms with Crippen molar-refractivity contribution in [2.45, 2.75) is 32.9 Å². The quantitative estimate of drug-likeness (QED) is 0.889. The Kier molecular flexibility index (Phi) is 4.38. The van der Waals surface area contributed by atoms with Crippen LogP contribution in [0.3, 0.4) is 0 Å². The number of nitrogens with zero attached hydrogens (tertiary/aromatic N) is 1. The van der Waals surface area contributed by atoms with Crippen LogP contribution in [0.25, 0.3) is 0 Å². The van der Waals surface area contributed by atoms with Crippen LogP contribution in [0.2, 0.25) is 0 Å². The van der Waals surface area contributed by atoms with Crippen LogP contribution in [0, 0.1) is 13.8 Å². The first-order valence-corrected chi connectivity index (χ1v) is 6.75. The van der Waals surface area contributed by atoms with Gasteiger partial charge in [0.2, 0.25) is 0 Å². The fraction of sp³-hybridized carbons (Fsp3) is 0.600. The summed E-state index contributed by atoms with van der Waals surface area (Å²) < 4.78 is 5.62. The van der Waals surface area contributed by atoms with Gasteiger partial charge in [0, 0.05) is 25.7 Å². The summed E-state index contributed by atoms with van der Waals surface area (Å²) in [5.74, 6) is 0. The zero-order valence-corrected chi connectivity index (χ0v) is 11.6. The molecule has 18 heavy (non-hydrogen) atoms. The lowest BCUT2D eigenvalue weighted by Gasteiger charge is -2.38. The van der Waals surface area contributed by atoms with Crippen molar-refractivity contribution in [3.05, 3.63) is 34.9 Å². The molecule has 3 heteroatoms. The minimum atomic E-state index is 0.303. The minimum absolute atomic E-state index is 0.303. The van der Waals surface area contributed by atoms with Crippen LogP contribution >= 0.6 is 0 Å². The number of ether oxygens (including phenoxy) is 1. The average molecular weight is 248 g/mol. The topological polar surface area (TPSA) is 38.5 Å². The molecule has 0 bridgehead atoms. The van der Waals surface area contributed by atoms with Gasteiger partial charge in [0.05, 0.1) is 12.7 Å². The van der Waals surface area contributed by atoms with E-state index < -0.39 is 0 Å². The van der Waals surface area contributed by atoms with Crippen molar-refractivity contribution in [2.24, 2.45) is 5.73 Å². The SMILES string of the molecule is Cc1cccc(C)c1C(CN)N1CCOC(C)C1. The highest BCUT2D eigenvalue weighted by molar-refractivity contribution is 5.36. The normalized spacial score (nSPS) is 23.0. The Labute approximate surface area is 110 Å². The fourth-order valence-corrected chi connectivity index (χ4v) is 2.93. The van der Waals surface area contributed by atoms with E-state index in [-0.39, 0.29) is 0 Å². The summed E-state index contributed by atoms with van der Waals surface area (Å²) in [6.07, 6.45) is 0.303. The Bertz CT molecular complexity index is 385.